The van der Waals surface area contributed by atoms with E-state index < -0.39 is 0 Å². The lowest BCUT2D eigenvalue weighted by Crippen LogP contribution is -1.83. The van der Waals surface area contributed by atoms with E-state index in [0.717, 1.165) is 5.69 Å². The van der Waals surface area contributed by atoms with Gasteiger partial charge in [0.05, 0.1) is 0 Å². The van der Waals surface area contributed by atoms with E-state index >= 15 is 0 Å². The highest BCUT2D eigenvalue weighted by Crippen LogP contribution is 2.02. The second-order valence-corrected chi connectivity index (χ2v) is 1.64. The molecule has 1 nitrogen and oxygen atoms in total. The first-order valence-corrected chi connectivity index (χ1v) is 2.70. The maximum absolute atomic E-state index is 5.00. The molecule has 0 saturated carbocycles. The fourth-order valence-corrected chi connectivity index (χ4v) is 0.605. The predicted octanol–water partition coefficient (Wildman–Crippen LogP) is 1.69. The van der Waals surface area contributed by atoms with Gasteiger partial charge in [-0.15, -0.1) is 0 Å². The number of rotatable bonds is 1. The van der Waals surface area contributed by atoms with Gasteiger partial charge >= 0.3 is 0 Å². The molecule has 0 spiro atoms. The van der Waals surface area contributed by atoms with Gasteiger partial charge in [0, 0.05) is 11.7 Å². The quantitative estimate of drug-likeness (QED) is 0.436. The SMILES string of the molecule is C#CNc1ccccc1. The number of anilines is 1. The van der Waals surface area contributed by atoms with Crippen LogP contribution in [0.4, 0.5) is 5.69 Å². The average molecular weight is 117 g/mol. The summed E-state index contributed by atoms with van der Waals surface area (Å²) in [6.45, 7) is 0. The molecule has 0 aliphatic heterocycles. The highest BCUT2D eigenvalue weighted by Gasteiger charge is 1.80. The van der Waals surface area contributed by atoms with Crippen molar-refractivity contribution in [2.24, 2.45) is 0 Å². The van der Waals surface area contributed by atoms with E-state index in [1.165, 1.54) is 0 Å². The van der Waals surface area contributed by atoms with Gasteiger partial charge in [-0.3, -0.25) is 0 Å². The van der Waals surface area contributed by atoms with E-state index in [1.54, 1.807) is 0 Å². The Balaban J connectivity index is 2.76. The van der Waals surface area contributed by atoms with Gasteiger partial charge < -0.3 is 5.32 Å². The van der Waals surface area contributed by atoms with Crippen molar-refractivity contribution in [1.82, 2.24) is 0 Å². The Morgan fingerprint density at radius 3 is 2.44 bits per heavy atom. The van der Waals surface area contributed by atoms with Crippen LogP contribution in [0, 0.1) is 12.5 Å². The highest BCUT2D eigenvalue weighted by atomic mass is 14.8. The van der Waals surface area contributed by atoms with Gasteiger partial charge in [-0.1, -0.05) is 24.6 Å². The van der Waals surface area contributed by atoms with Crippen molar-refractivity contribution in [2.75, 3.05) is 5.32 Å². The first kappa shape index (κ1) is 5.71. The van der Waals surface area contributed by atoms with Crippen molar-refractivity contribution in [3.05, 3.63) is 30.3 Å². The molecule has 1 heteroatoms. The Labute approximate surface area is 54.7 Å². The van der Waals surface area contributed by atoms with Crippen LogP contribution in [0.2, 0.25) is 0 Å². The van der Waals surface area contributed by atoms with Gasteiger partial charge in [-0.05, 0) is 12.1 Å². The molecule has 0 aliphatic rings. The molecule has 0 amide bonds. The molecule has 1 aromatic rings. The number of benzene rings is 1. The summed E-state index contributed by atoms with van der Waals surface area (Å²) in [7, 11) is 0. The summed E-state index contributed by atoms with van der Waals surface area (Å²) in [5.74, 6) is 0. The predicted molar refractivity (Wildman–Crippen MR) is 38.9 cm³/mol. The number of nitrogens with one attached hydrogen (secondary N) is 1. The molecule has 0 aromatic heterocycles. The zero-order valence-electron chi connectivity index (χ0n) is 4.96. The summed E-state index contributed by atoms with van der Waals surface area (Å²) in [6.07, 6.45) is 5.00. The number of terminal acetylenes is 1. The first-order valence-electron chi connectivity index (χ1n) is 2.70. The second-order valence-electron chi connectivity index (χ2n) is 1.64. The Morgan fingerprint density at radius 2 is 1.89 bits per heavy atom. The van der Waals surface area contributed by atoms with Crippen molar-refractivity contribution in [2.45, 2.75) is 0 Å². The standard InChI is InChI=1S/C8H7N/c1-2-9-8-6-4-3-5-7-8/h1,3-7,9H. The molecule has 0 atom stereocenters. The molecule has 0 aliphatic carbocycles. The molecule has 0 saturated heterocycles. The monoisotopic (exact) mass is 117 g/mol. The third kappa shape index (κ3) is 1.50. The van der Waals surface area contributed by atoms with Crippen molar-refractivity contribution >= 4 is 5.69 Å². The van der Waals surface area contributed by atoms with Crippen molar-refractivity contribution < 1.29 is 0 Å². The minimum Gasteiger partial charge on any atom is -0.315 e. The first-order chi connectivity index (χ1) is 4.43. The van der Waals surface area contributed by atoms with Gasteiger partial charge in [-0.25, -0.2) is 0 Å². The Kier molecular flexibility index (Phi) is 1.77. The second kappa shape index (κ2) is 2.78. The van der Waals surface area contributed by atoms with Gasteiger partial charge in [0.2, 0.25) is 0 Å². The van der Waals surface area contributed by atoms with Crippen molar-refractivity contribution in [3.63, 3.8) is 0 Å². The van der Waals surface area contributed by atoms with E-state index in [2.05, 4.69) is 11.4 Å². The number of para-hydroxylation sites is 1. The summed E-state index contributed by atoms with van der Waals surface area (Å²) in [6, 6.07) is 12.0. The van der Waals surface area contributed by atoms with Crippen molar-refractivity contribution in [1.29, 1.82) is 0 Å². The van der Waals surface area contributed by atoms with E-state index in [9.17, 15) is 0 Å². The van der Waals surface area contributed by atoms with Crippen LogP contribution in [-0.4, -0.2) is 0 Å². The Morgan fingerprint density at radius 1 is 1.22 bits per heavy atom. The maximum Gasteiger partial charge on any atom is 0.0459 e. The molecule has 1 aromatic carbocycles. The van der Waals surface area contributed by atoms with Crippen LogP contribution >= 0.6 is 0 Å². The summed E-state index contributed by atoms with van der Waals surface area (Å²) >= 11 is 0. The van der Waals surface area contributed by atoms with Crippen molar-refractivity contribution in [3.8, 4) is 12.5 Å². The van der Waals surface area contributed by atoms with E-state index in [0.29, 0.717) is 0 Å². The van der Waals surface area contributed by atoms with E-state index in [-0.39, 0.29) is 0 Å². The van der Waals surface area contributed by atoms with Crippen LogP contribution in [-0.2, 0) is 0 Å². The molecule has 1 N–H and O–H groups in total. The molecule has 0 heterocycles. The fourth-order valence-electron chi connectivity index (χ4n) is 0.605. The molecule has 44 valence electrons. The fraction of sp³-hybridized carbons (Fsp3) is 0. The average Bonchev–Trinajstić information content (AvgIpc) is 1.91. The summed E-state index contributed by atoms with van der Waals surface area (Å²) in [5, 5.41) is 2.74. The highest BCUT2D eigenvalue weighted by molar-refractivity contribution is 5.46. The van der Waals surface area contributed by atoms with Crippen LogP contribution in [0.15, 0.2) is 30.3 Å². The smallest absolute Gasteiger partial charge is 0.0459 e. The van der Waals surface area contributed by atoms with E-state index in [4.69, 9.17) is 6.42 Å². The zero-order chi connectivity index (χ0) is 6.53. The number of hydrogen-bond donors (Lipinski definition) is 1. The topological polar surface area (TPSA) is 12.0 Å². The molecule has 9 heavy (non-hydrogen) atoms. The van der Waals surface area contributed by atoms with Crippen LogP contribution in [0.1, 0.15) is 0 Å². The normalized spacial score (nSPS) is 7.89. The minimum absolute atomic E-state index is 0.958. The molecule has 0 unspecified atom stereocenters. The van der Waals surface area contributed by atoms with Crippen LogP contribution in [0.25, 0.3) is 0 Å². The minimum atomic E-state index is 0.958. The van der Waals surface area contributed by atoms with Gasteiger partial charge in [0.1, 0.15) is 0 Å². The molecule has 0 fully saturated rings. The van der Waals surface area contributed by atoms with Crippen LogP contribution in [0.5, 0.6) is 0 Å². The van der Waals surface area contributed by atoms with Crippen LogP contribution in [0.3, 0.4) is 0 Å². The number of hydrogen-bond acceptors (Lipinski definition) is 1. The molecule has 1 rings (SSSR count). The van der Waals surface area contributed by atoms with Gasteiger partial charge in [0.25, 0.3) is 0 Å². The summed E-state index contributed by atoms with van der Waals surface area (Å²) < 4.78 is 0. The lowest BCUT2D eigenvalue weighted by Gasteiger charge is -1.93. The molecular weight excluding hydrogens is 110 g/mol. The van der Waals surface area contributed by atoms with Crippen LogP contribution < -0.4 is 5.32 Å². The Bertz CT molecular complexity index is 208. The lowest BCUT2D eigenvalue weighted by molar-refractivity contribution is 1.63. The lowest BCUT2D eigenvalue weighted by atomic mass is 10.3. The molecule has 0 bridgehead atoms. The third-order valence-electron chi connectivity index (χ3n) is 0.990. The third-order valence-corrected chi connectivity index (χ3v) is 0.990. The summed E-state index contributed by atoms with van der Waals surface area (Å²) in [4.78, 5) is 0. The van der Waals surface area contributed by atoms with Gasteiger partial charge in [-0.2, -0.15) is 0 Å². The zero-order valence-corrected chi connectivity index (χ0v) is 4.96. The van der Waals surface area contributed by atoms with E-state index in [1.807, 2.05) is 30.3 Å². The Hall–Kier alpha value is -1.42. The van der Waals surface area contributed by atoms with Gasteiger partial charge in [0.15, 0.2) is 0 Å². The molecular formula is C8H7N. The maximum atomic E-state index is 5.00. The summed E-state index contributed by atoms with van der Waals surface area (Å²) in [5.41, 5.74) is 0.958. The largest absolute Gasteiger partial charge is 0.315 e. The molecule has 0 radical (unpaired) electrons.